The summed E-state index contributed by atoms with van der Waals surface area (Å²) in [5.41, 5.74) is 9.65. The Labute approximate surface area is 90.9 Å². The molecule has 1 fully saturated rings. The van der Waals surface area contributed by atoms with Gasteiger partial charge >= 0.3 is 0 Å². The second-order valence-electron chi connectivity index (χ2n) is 4.97. The van der Waals surface area contributed by atoms with Gasteiger partial charge in [-0.2, -0.15) is 0 Å². The number of benzene rings is 1. The van der Waals surface area contributed by atoms with Crippen LogP contribution in [0, 0.1) is 5.41 Å². The predicted molar refractivity (Wildman–Crippen MR) is 61.6 cm³/mol. The maximum absolute atomic E-state index is 6.43. The van der Waals surface area contributed by atoms with E-state index in [0.717, 1.165) is 13.1 Å². The van der Waals surface area contributed by atoms with Gasteiger partial charge in [0.15, 0.2) is 0 Å². The number of fused-ring (bicyclic) bond motifs is 1. The van der Waals surface area contributed by atoms with E-state index in [1.54, 1.807) is 0 Å². The molecule has 80 valence electrons. The first kappa shape index (κ1) is 9.37. The Morgan fingerprint density at radius 2 is 1.93 bits per heavy atom. The summed E-state index contributed by atoms with van der Waals surface area (Å²) in [4.78, 5) is 0. The zero-order valence-corrected chi connectivity index (χ0v) is 9.00. The first-order chi connectivity index (χ1) is 7.32. The third-order valence-corrected chi connectivity index (χ3v) is 4.19. The van der Waals surface area contributed by atoms with Crippen molar-refractivity contribution in [3.05, 3.63) is 35.4 Å². The van der Waals surface area contributed by atoms with E-state index in [4.69, 9.17) is 5.73 Å². The third-order valence-electron chi connectivity index (χ3n) is 4.19. The summed E-state index contributed by atoms with van der Waals surface area (Å²) in [6.07, 6.45) is 3.64. The zero-order chi connectivity index (χ0) is 10.3. The van der Waals surface area contributed by atoms with Crippen LogP contribution in [0.15, 0.2) is 24.3 Å². The van der Waals surface area contributed by atoms with Crippen LogP contribution < -0.4 is 11.1 Å². The van der Waals surface area contributed by atoms with Crippen LogP contribution in [0.2, 0.25) is 0 Å². The van der Waals surface area contributed by atoms with Crippen LogP contribution in [-0.2, 0) is 6.42 Å². The Balaban J connectivity index is 1.98. The fraction of sp³-hybridized carbons (Fsp3) is 0.538. The van der Waals surface area contributed by atoms with Crippen molar-refractivity contribution < 1.29 is 0 Å². The van der Waals surface area contributed by atoms with E-state index in [1.165, 1.54) is 30.4 Å². The fourth-order valence-corrected chi connectivity index (χ4v) is 3.23. The van der Waals surface area contributed by atoms with E-state index in [9.17, 15) is 0 Å². The van der Waals surface area contributed by atoms with E-state index >= 15 is 0 Å². The minimum Gasteiger partial charge on any atom is -0.323 e. The highest BCUT2D eigenvalue weighted by atomic mass is 14.9. The lowest BCUT2D eigenvalue weighted by atomic mass is 9.73. The van der Waals surface area contributed by atoms with Crippen LogP contribution in [0.4, 0.5) is 0 Å². The lowest BCUT2D eigenvalue weighted by molar-refractivity contribution is 0.174. The lowest BCUT2D eigenvalue weighted by Crippen LogP contribution is -2.41. The average molecular weight is 202 g/mol. The molecule has 1 atom stereocenters. The molecule has 1 aromatic carbocycles. The third kappa shape index (κ3) is 1.32. The molecule has 0 radical (unpaired) electrons. The van der Waals surface area contributed by atoms with Crippen molar-refractivity contribution in [3.63, 3.8) is 0 Å². The van der Waals surface area contributed by atoms with Crippen molar-refractivity contribution in [1.29, 1.82) is 0 Å². The van der Waals surface area contributed by atoms with Crippen LogP contribution in [0.25, 0.3) is 0 Å². The van der Waals surface area contributed by atoms with Crippen LogP contribution >= 0.6 is 0 Å². The Bertz CT molecular complexity index is 367. The van der Waals surface area contributed by atoms with E-state index in [-0.39, 0.29) is 6.04 Å². The standard InChI is InChI=1S/C13H18N2/c14-12-11-4-2-1-3-10(11)9-13(12)5-7-15-8-6-13/h1-4,12,15H,5-9,14H2/t12-/m0/s1. The second-order valence-corrected chi connectivity index (χ2v) is 4.97. The minimum absolute atomic E-state index is 0.260. The minimum atomic E-state index is 0.260. The summed E-state index contributed by atoms with van der Waals surface area (Å²) in [5.74, 6) is 0. The Hall–Kier alpha value is -0.860. The highest BCUT2D eigenvalue weighted by Gasteiger charge is 2.44. The summed E-state index contributed by atoms with van der Waals surface area (Å²) in [5, 5.41) is 3.43. The molecule has 1 spiro atoms. The number of rotatable bonds is 0. The van der Waals surface area contributed by atoms with Crippen LogP contribution in [0.5, 0.6) is 0 Å². The van der Waals surface area contributed by atoms with Gasteiger partial charge in [-0.25, -0.2) is 0 Å². The SMILES string of the molecule is N[C@H]1c2ccccc2CC12CCNCC2. The average Bonchev–Trinajstić information content (AvgIpc) is 2.54. The molecule has 2 aliphatic rings. The second kappa shape index (κ2) is 3.32. The molecule has 2 nitrogen and oxygen atoms in total. The van der Waals surface area contributed by atoms with Gasteiger partial charge in [0, 0.05) is 6.04 Å². The fourth-order valence-electron chi connectivity index (χ4n) is 3.23. The number of hydrogen-bond acceptors (Lipinski definition) is 2. The quantitative estimate of drug-likeness (QED) is 0.671. The molecule has 0 unspecified atom stereocenters. The van der Waals surface area contributed by atoms with Crippen molar-refractivity contribution in [1.82, 2.24) is 5.32 Å². The molecule has 1 aromatic rings. The molecular weight excluding hydrogens is 184 g/mol. The first-order valence-corrected chi connectivity index (χ1v) is 5.86. The number of hydrogen-bond donors (Lipinski definition) is 2. The largest absolute Gasteiger partial charge is 0.323 e. The predicted octanol–water partition coefficient (Wildman–Crippen LogP) is 1.61. The monoisotopic (exact) mass is 202 g/mol. The highest BCUT2D eigenvalue weighted by Crippen LogP contribution is 2.49. The van der Waals surface area contributed by atoms with Crippen LogP contribution in [0.1, 0.15) is 30.0 Å². The van der Waals surface area contributed by atoms with E-state index in [1.807, 2.05) is 0 Å². The lowest BCUT2D eigenvalue weighted by Gasteiger charge is -2.37. The molecule has 2 heteroatoms. The van der Waals surface area contributed by atoms with Gasteiger partial charge in [0.2, 0.25) is 0 Å². The molecule has 1 heterocycles. The molecule has 0 amide bonds. The van der Waals surface area contributed by atoms with Gasteiger partial charge in [0.05, 0.1) is 0 Å². The summed E-state index contributed by atoms with van der Waals surface area (Å²) in [7, 11) is 0. The summed E-state index contributed by atoms with van der Waals surface area (Å²) in [6.45, 7) is 2.25. The van der Waals surface area contributed by atoms with Crippen LogP contribution in [-0.4, -0.2) is 13.1 Å². The molecule has 1 saturated heterocycles. The zero-order valence-electron chi connectivity index (χ0n) is 9.00. The number of nitrogens with one attached hydrogen (secondary N) is 1. The van der Waals surface area contributed by atoms with Gasteiger partial charge in [0.25, 0.3) is 0 Å². The number of piperidine rings is 1. The molecule has 0 aromatic heterocycles. The van der Waals surface area contributed by atoms with Gasteiger partial charge in [-0.3, -0.25) is 0 Å². The molecule has 1 aliphatic heterocycles. The van der Waals surface area contributed by atoms with E-state index in [2.05, 4.69) is 29.6 Å². The molecule has 15 heavy (non-hydrogen) atoms. The maximum Gasteiger partial charge on any atom is 0.0359 e. The van der Waals surface area contributed by atoms with Gasteiger partial charge < -0.3 is 11.1 Å². The van der Waals surface area contributed by atoms with Gasteiger partial charge in [0.1, 0.15) is 0 Å². The van der Waals surface area contributed by atoms with Crippen molar-refractivity contribution in [2.45, 2.75) is 25.3 Å². The molecule has 0 bridgehead atoms. The summed E-state index contributed by atoms with van der Waals surface area (Å²) in [6, 6.07) is 8.95. The molecule has 3 rings (SSSR count). The van der Waals surface area contributed by atoms with Crippen molar-refractivity contribution >= 4 is 0 Å². The Morgan fingerprint density at radius 1 is 1.20 bits per heavy atom. The smallest absolute Gasteiger partial charge is 0.0359 e. The molecule has 1 aliphatic carbocycles. The van der Waals surface area contributed by atoms with Crippen molar-refractivity contribution in [2.24, 2.45) is 11.1 Å². The molecule has 0 saturated carbocycles. The van der Waals surface area contributed by atoms with Crippen LogP contribution in [0.3, 0.4) is 0 Å². The van der Waals surface area contributed by atoms with Crippen molar-refractivity contribution in [3.8, 4) is 0 Å². The van der Waals surface area contributed by atoms with Gasteiger partial charge in [-0.15, -0.1) is 0 Å². The normalized spacial score (nSPS) is 27.9. The summed E-state index contributed by atoms with van der Waals surface area (Å²) >= 11 is 0. The van der Waals surface area contributed by atoms with E-state index in [0.29, 0.717) is 5.41 Å². The topological polar surface area (TPSA) is 38.0 Å². The summed E-state index contributed by atoms with van der Waals surface area (Å²) < 4.78 is 0. The molecular formula is C13H18N2. The van der Waals surface area contributed by atoms with Gasteiger partial charge in [-0.05, 0) is 48.9 Å². The Kier molecular flexibility index (Phi) is 2.08. The highest BCUT2D eigenvalue weighted by molar-refractivity contribution is 5.38. The van der Waals surface area contributed by atoms with Crippen molar-refractivity contribution in [2.75, 3.05) is 13.1 Å². The first-order valence-electron chi connectivity index (χ1n) is 5.86. The number of nitrogens with two attached hydrogens (primary N) is 1. The molecule has 3 N–H and O–H groups in total. The maximum atomic E-state index is 6.43. The van der Waals surface area contributed by atoms with E-state index < -0.39 is 0 Å². The van der Waals surface area contributed by atoms with Gasteiger partial charge in [-0.1, -0.05) is 24.3 Å². The Morgan fingerprint density at radius 3 is 2.67 bits per heavy atom.